The van der Waals surface area contributed by atoms with Crippen LogP contribution in [-0.2, 0) is 19.6 Å². The molecule has 0 aromatic heterocycles. The molecule has 0 radical (unpaired) electrons. The summed E-state index contributed by atoms with van der Waals surface area (Å²) < 4.78 is 61.4. The Balaban J connectivity index is 1.78. The van der Waals surface area contributed by atoms with Crippen LogP contribution in [0.1, 0.15) is 26.2 Å². The van der Waals surface area contributed by atoms with Gasteiger partial charge in [0.25, 0.3) is 10.0 Å². The van der Waals surface area contributed by atoms with Crippen molar-refractivity contribution in [2.24, 2.45) is 5.92 Å². The van der Waals surface area contributed by atoms with Crippen molar-refractivity contribution in [1.29, 1.82) is 0 Å². The molecule has 1 fully saturated rings. The zero-order valence-electron chi connectivity index (χ0n) is 18.9. The first-order chi connectivity index (χ1) is 16.5. The number of carboxylic acid groups (broad SMARTS) is 1. The molecule has 1 aliphatic rings. The summed E-state index contributed by atoms with van der Waals surface area (Å²) in [6.07, 6.45) is 0.330. The van der Waals surface area contributed by atoms with Crippen LogP contribution in [0, 0.1) is 17.6 Å². The lowest BCUT2D eigenvalue weighted by Gasteiger charge is -2.33. The number of aliphatic carboxylic acids is 1. The summed E-state index contributed by atoms with van der Waals surface area (Å²) in [6.45, 7) is 1.58. The summed E-state index contributed by atoms with van der Waals surface area (Å²) in [4.78, 5) is 24.6. The first-order valence-electron chi connectivity index (χ1n) is 10.9. The number of hydrogen-bond acceptors (Lipinski definition) is 5. The molecular formula is C23H25ClF2N2O6S. The Morgan fingerprint density at radius 3 is 2.40 bits per heavy atom. The normalized spacial score (nSPS) is 15.5. The molecule has 0 spiro atoms. The SMILES string of the molecule is CC(COC(=O)N1CCC(CC(=O)O)CC1)N(c1cc(F)ccc1F)S(=O)(=O)c1ccc(Cl)cc1. The molecule has 1 heterocycles. The number of carbonyl (C=O) groups is 2. The number of ether oxygens (including phenoxy) is 1. The summed E-state index contributed by atoms with van der Waals surface area (Å²) in [5, 5.41) is 9.21. The largest absolute Gasteiger partial charge is 0.481 e. The fourth-order valence-corrected chi connectivity index (χ4v) is 5.66. The number of piperidine rings is 1. The van der Waals surface area contributed by atoms with Crippen LogP contribution in [0.15, 0.2) is 47.4 Å². The van der Waals surface area contributed by atoms with Gasteiger partial charge >= 0.3 is 12.1 Å². The van der Waals surface area contributed by atoms with E-state index in [9.17, 15) is 26.8 Å². The van der Waals surface area contributed by atoms with Gasteiger partial charge in [0.05, 0.1) is 16.6 Å². The third kappa shape index (κ3) is 6.61. The maximum absolute atomic E-state index is 14.7. The standard InChI is InChI=1S/C23H25ClF2N2O6S/c1-15(14-34-23(31)27-10-8-16(9-11-27)12-22(29)30)28(21-13-18(25)4-7-20(21)26)35(32,33)19-5-2-17(24)3-6-19/h2-7,13,15-16H,8-12,14H2,1H3,(H,29,30). The van der Waals surface area contributed by atoms with Crippen LogP contribution < -0.4 is 4.31 Å². The Labute approximate surface area is 207 Å². The predicted molar refractivity (Wildman–Crippen MR) is 125 cm³/mol. The highest BCUT2D eigenvalue weighted by Gasteiger charge is 2.33. The molecule has 0 saturated carbocycles. The van der Waals surface area contributed by atoms with Crippen molar-refractivity contribution in [3.63, 3.8) is 0 Å². The van der Waals surface area contributed by atoms with Crippen molar-refractivity contribution in [3.05, 3.63) is 59.1 Å². The minimum atomic E-state index is -4.39. The minimum Gasteiger partial charge on any atom is -0.481 e. The van der Waals surface area contributed by atoms with Crippen LogP contribution in [0.3, 0.4) is 0 Å². The summed E-state index contributed by atoms with van der Waals surface area (Å²) in [5.74, 6) is -2.74. The van der Waals surface area contributed by atoms with Crippen LogP contribution in [0.4, 0.5) is 19.3 Å². The molecule has 8 nitrogen and oxygen atoms in total. The predicted octanol–water partition coefficient (Wildman–Crippen LogP) is 4.53. The van der Waals surface area contributed by atoms with E-state index in [-0.39, 0.29) is 17.2 Å². The van der Waals surface area contributed by atoms with E-state index in [1.165, 1.54) is 36.1 Å². The number of sulfonamides is 1. The van der Waals surface area contributed by atoms with Crippen molar-refractivity contribution in [2.45, 2.75) is 37.1 Å². The third-order valence-electron chi connectivity index (χ3n) is 5.70. The smallest absolute Gasteiger partial charge is 0.409 e. The fourth-order valence-electron chi connectivity index (χ4n) is 3.90. The number of benzene rings is 2. The number of carbonyl (C=O) groups excluding carboxylic acids is 1. The molecule has 2 aromatic carbocycles. The summed E-state index contributed by atoms with van der Waals surface area (Å²) >= 11 is 5.85. The van der Waals surface area contributed by atoms with Crippen molar-refractivity contribution < 1.29 is 36.6 Å². The zero-order valence-corrected chi connectivity index (χ0v) is 20.4. The van der Waals surface area contributed by atoms with E-state index in [0.717, 1.165) is 18.2 Å². The molecule has 1 unspecified atom stereocenters. The quantitative estimate of drug-likeness (QED) is 0.538. The molecule has 1 N–H and O–H groups in total. The van der Waals surface area contributed by atoms with Crippen LogP contribution in [0.25, 0.3) is 0 Å². The van der Waals surface area contributed by atoms with Gasteiger partial charge in [-0.2, -0.15) is 0 Å². The molecule has 0 bridgehead atoms. The van der Waals surface area contributed by atoms with Gasteiger partial charge in [-0.25, -0.2) is 22.0 Å². The molecule has 190 valence electrons. The Hall–Kier alpha value is -2.92. The second kappa shape index (κ2) is 11.2. The van der Waals surface area contributed by atoms with E-state index in [4.69, 9.17) is 21.4 Å². The Bertz CT molecular complexity index is 1170. The van der Waals surface area contributed by atoms with Crippen molar-refractivity contribution in [2.75, 3.05) is 24.0 Å². The molecule has 1 amide bonds. The number of rotatable bonds is 8. The molecule has 0 aliphatic carbocycles. The van der Waals surface area contributed by atoms with E-state index in [2.05, 4.69) is 0 Å². The van der Waals surface area contributed by atoms with Gasteiger partial charge in [-0.15, -0.1) is 0 Å². The first-order valence-corrected chi connectivity index (χ1v) is 12.7. The lowest BCUT2D eigenvalue weighted by Crippen LogP contribution is -2.44. The zero-order chi connectivity index (χ0) is 25.8. The lowest BCUT2D eigenvalue weighted by atomic mass is 9.94. The van der Waals surface area contributed by atoms with Crippen LogP contribution >= 0.6 is 11.6 Å². The summed E-state index contributed by atoms with van der Waals surface area (Å²) in [7, 11) is -4.39. The van der Waals surface area contributed by atoms with Gasteiger partial charge < -0.3 is 14.7 Å². The van der Waals surface area contributed by atoms with E-state index in [1.54, 1.807) is 0 Å². The van der Waals surface area contributed by atoms with Crippen molar-refractivity contribution >= 4 is 39.4 Å². The van der Waals surface area contributed by atoms with Gasteiger partial charge in [-0.05, 0) is 62.1 Å². The summed E-state index contributed by atoms with van der Waals surface area (Å²) in [5.41, 5.74) is -0.530. The molecule has 1 saturated heterocycles. The van der Waals surface area contributed by atoms with Gasteiger partial charge in [0.1, 0.15) is 18.2 Å². The highest BCUT2D eigenvalue weighted by Crippen LogP contribution is 2.30. The van der Waals surface area contributed by atoms with E-state index >= 15 is 0 Å². The Morgan fingerprint density at radius 2 is 1.80 bits per heavy atom. The average Bonchev–Trinajstić information content (AvgIpc) is 2.80. The number of nitrogens with zero attached hydrogens (tertiary/aromatic N) is 2. The van der Waals surface area contributed by atoms with Gasteiger partial charge in [-0.1, -0.05) is 11.6 Å². The monoisotopic (exact) mass is 530 g/mol. The van der Waals surface area contributed by atoms with Crippen molar-refractivity contribution in [1.82, 2.24) is 4.90 Å². The van der Waals surface area contributed by atoms with E-state index < -0.39 is 52.1 Å². The number of anilines is 1. The van der Waals surface area contributed by atoms with Gasteiger partial charge in [0, 0.05) is 30.6 Å². The van der Waals surface area contributed by atoms with Crippen LogP contribution in [0.5, 0.6) is 0 Å². The highest BCUT2D eigenvalue weighted by atomic mass is 35.5. The van der Waals surface area contributed by atoms with Crippen molar-refractivity contribution in [3.8, 4) is 0 Å². The van der Waals surface area contributed by atoms with Crippen LogP contribution in [0.2, 0.25) is 5.02 Å². The van der Waals surface area contributed by atoms with E-state index in [0.29, 0.717) is 35.3 Å². The maximum atomic E-state index is 14.7. The maximum Gasteiger partial charge on any atom is 0.409 e. The molecule has 35 heavy (non-hydrogen) atoms. The average molecular weight is 531 g/mol. The molecular weight excluding hydrogens is 506 g/mol. The molecule has 12 heteroatoms. The molecule has 3 rings (SSSR count). The van der Waals surface area contributed by atoms with Gasteiger partial charge in [0.15, 0.2) is 0 Å². The number of carboxylic acids is 1. The number of likely N-dealkylation sites (tertiary alicyclic amines) is 1. The first kappa shape index (κ1) is 26.7. The van der Waals surface area contributed by atoms with E-state index in [1.807, 2.05) is 0 Å². The second-order valence-electron chi connectivity index (χ2n) is 8.30. The molecule has 1 aliphatic heterocycles. The molecule has 2 aromatic rings. The molecule has 1 atom stereocenters. The number of halogens is 3. The van der Waals surface area contributed by atoms with Gasteiger partial charge in [-0.3, -0.25) is 9.10 Å². The highest BCUT2D eigenvalue weighted by molar-refractivity contribution is 7.92. The topological polar surface area (TPSA) is 104 Å². The fraction of sp³-hybridized carbons (Fsp3) is 0.391. The number of hydrogen-bond donors (Lipinski definition) is 1. The Kier molecular flexibility index (Phi) is 8.55. The third-order valence-corrected chi connectivity index (χ3v) is 7.89. The van der Waals surface area contributed by atoms with Gasteiger partial charge in [0.2, 0.25) is 0 Å². The summed E-state index contributed by atoms with van der Waals surface area (Å²) in [6, 6.07) is 6.53. The van der Waals surface area contributed by atoms with Crippen LogP contribution in [-0.4, -0.2) is 56.2 Å². The Morgan fingerprint density at radius 1 is 1.17 bits per heavy atom. The minimum absolute atomic E-state index is 0.0244. The second-order valence-corrected chi connectivity index (χ2v) is 10.6. The lowest BCUT2D eigenvalue weighted by molar-refractivity contribution is -0.138. The number of amides is 1.